The van der Waals surface area contributed by atoms with E-state index in [9.17, 15) is 14.0 Å². The molecule has 22 heavy (non-hydrogen) atoms. The summed E-state index contributed by atoms with van der Waals surface area (Å²) in [5.74, 6) is -0.517. The zero-order valence-corrected chi connectivity index (χ0v) is 13.4. The molecule has 0 radical (unpaired) electrons. The van der Waals surface area contributed by atoms with Gasteiger partial charge in [-0.25, -0.2) is 9.18 Å². The number of carbonyl (C=O) groups is 2. The summed E-state index contributed by atoms with van der Waals surface area (Å²) in [5.41, 5.74) is 0.249. The molecule has 1 aromatic carbocycles. The monoisotopic (exact) mass is 310 g/mol. The molecular formula is C16H23FN2O3. The highest BCUT2D eigenvalue weighted by Gasteiger charge is 2.16. The van der Waals surface area contributed by atoms with E-state index in [1.54, 1.807) is 32.9 Å². The third-order valence-electron chi connectivity index (χ3n) is 2.77. The first-order valence-corrected chi connectivity index (χ1v) is 7.19. The number of hydrogen-bond donors (Lipinski definition) is 2. The van der Waals surface area contributed by atoms with Crippen molar-refractivity contribution >= 4 is 12.0 Å². The Hall–Kier alpha value is -2.11. The lowest BCUT2D eigenvalue weighted by atomic mass is 10.1. The van der Waals surface area contributed by atoms with E-state index in [2.05, 4.69) is 10.6 Å². The lowest BCUT2D eigenvalue weighted by molar-refractivity contribution is -0.121. The first kappa shape index (κ1) is 17.9. The molecule has 0 aliphatic rings. The Balaban J connectivity index is 2.31. The minimum absolute atomic E-state index is 0.144. The molecular weight excluding hydrogens is 287 g/mol. The summed E-state index contributed by atoms with van der Waals surface area (Å²) in [6.45, 7) is 7.31. The fraction of sp³-hybridized carbons (Fsp3) is 0.500. The van der Waals surface area contributed by atoms with Gasteiger partial charge >= 0.3 is 6.09 Å². The van der Waals surface area contributed by atoms with Crippen LogP contribution in [0.15, 0.2) is 24.3 Å². The van der Waals surface area contributed by atoms with Crippen LogP contribution in [0.5, 0.6) is 0 Å². The normalized spacial score (nSPS) is 12.4. The first-order valence-electron chi connectivity index (χ1n) is 7.19. The molecule has 0 aromatic heterocycles. The second kappa shape index (κ2) is 7.77. The van der Waals surface area contributed by atoms with Gasteiger partial charge in [0.05, 0.1) is 6.04 Å². The second-order valence-corrected chi connectivity index (χ2v) is 6.02. The van der Waals surface area contributed by atoms with E-state index >= 15 is 0 Å². The maximum Gasteiger partial charge on any atom is 0.407 e. The van der Waals surface area contributed by atoms with Gasteiger partial charge in [-0.3, -0.25) is 4.79 Å². The van der Waals surface area contributed by atoms with Crippen LogP contribution in [0, 0.1) is 5.82 Å². The van der Waals surface area contributed by atoms with Crippen LogP contribution in [0.4, 0.5) is 9.18 Å². The molecule has 0 heterocycles. The van der Waals surface area contributed by atoms with Gasteiger partial charge in [-0.1, -0.05) is 12.1 Å². The highest BCUT2D eigenvalue weighted by atomic mass is 19.1. The third kappa shape index (κ3) is 7.06. The SMILES string of the molecule is CC(NC(=O)CCNC(=O)OC(C)(C)C)c1ccc(F)cc1. The Labute approximate surface area is 130 Å². The maximum atomic E-state index is 12.8. The molecule has 1 unspecified atom stereocenters. The number of ether oxygens (including phenoxy) is 1. The number of nitrogens with one attached hydrogen (secondary N) is 2. The summed E-state index contributed by atoms with van der Waals surface area (Å²) < 4.78 is 17.9. The second-order valence-electron chi connectivity index (χ2n) is 6.02. The summed E-state index contributed by atoms with van der Waals surface area (Å²) in [4.78, 5) is 23.2. The van der Waals surface area contributed by atoms with Crippen LogP contribution in [-0.2, 0) is 9.53 Å². The number of benzene rings is 1. The molecule has 1 aromatic rings. The van der Waals surface area contributed by atoms with Crippen molar-refractivity contribution in [3.63, 3.8) is 0 Å². The predicted molar refractivity (Wildman–Crippen MR) is 81.8 cm³/mol. The molecule has 0 aliphatic carbocycles. The molecule has 6 heteroatoms. The van der Waals surface area contributed by atoms with Crippen molar-refractivity contribution in [3.05, 3.63) is 35.6 Å². The van der Waals surface area contributed by atoms with Crippen molar-refractivity contribution in [1.82, 2.24) is 10.6 Å². The molecule has 0 spiro atoms. The van der Waals surface area contributed by atoms with E-state index in [1.807, 2.05) is 6.92 Å². The van der Waals surface area contributed by atoms with Gasteiger partial charge in [0.15, 0.2) is 0 Å². The van der Waals surface area contributed by atoms with Gasteiger partial charge in [-0.15, -0.1) is 0 Å². The lowest BCUT2D eigenvalue weighted by Crippen LogP contribution is -2.35. The molecule has 122 valence electrons. The summed E-state index contributed by atoms with van der Waals surface area (Å²) in [7, 11) is 0. The largest absolute Gasteiger partial charge is 0.444 e. The average molecular weight is 310 g/mol. The molecule has 0 fully saturated rings. The van der Waals surface area contributed by atoms with Crippen molar-refractivity contribution in [2.75, 3.05) is 6.54 Å². The van der Waals surface area contributed by atoms with Crippen LogP contribution < -0.4 is 10.6 Å². The van der Waals surface area contributed by atoms with Gasteiger partial charge in [0, 0.05) is 13.0 Å². The van der Waals surface area contributed by atoms with E-state index in [-0.39, 0.29) is 30.7 Å². The van der Waals surface area contributed by atoms with Crippen molar-refractivity contribution in [3.8, 4) is 0 Å². The van der Waals surface area contributed by atoms with Crippen LogP contribution in [-0.4, -0.2) is 24.1 Å². The van der Waals surface area contributed by atoms with E-state index in [4.69, 9.17) is 4.74 Å². The molecule has 0 bridgehead atoms. The molecule has 2 amide bonds. The summed E-state index contributed by atoms with van der Waals surface area (Å²) in [6.07, 6.45) is -0.406. The number of hydrogen-bond acceptors (Lipinski definition) is 3. The van der Waals surface area contributed by atoms with Crippen LogP contribution >= 0.6 is 0 Å². The van der Waals surface area contributed by atoms with E-state index in [0.717, 1.165) is 5.56 Å². The summed E-state index contributed by atoms with van der Waals surface area (Å²) in [6, 6.07) is 5.72. The van der Waals surface area contributed by atoms with Gasteiger partial charge in [0.2, 0.25) is 5.91 Å². The highest BCUT2D eigenvalue weighted by molar-refractivity contribution is 5.77. The van der Waals surface area contributed by atoms with Gasteiger partial charge in [-0.05, 0) is 45.4 Å². The smallest absolute Gasteiger partial charge is 0.407 e. The lowest BCUT2D eigenvalue weighted by Gasteiger charge is -2.19. The standard InChI is InChI=1S/C16H23FN2O3/c1-11(12-5-7-13(17)8-6-12)19-14(20)9-10-18-15(21)22-16(2,3)4/h5-8,11H,9-10H2,1-4H3,(H,18,21)(H,19,20). The van der Waals surface area contributed by atoms with E-state index < -0.39 is 11.7 Å². The fourth-order valence-electron chi connectivity index (χ4n) is 1.74. The van der Waals surface area contributed by atoms with Crippen LogP contribution in [0.2, 0.25) is 0 Å². The number of amides is 2. The average Bonchev–Trinajstić information content (AvgIpc) is 2.37. The predicted octanol–water partition coefficient (Wildman–Crippen LogP) is 2.92. The zero-order chi connectivity index (χ0) is 16.8. The maximum absolute atomic E-state index is 12.8. The first-order chi connectivity index (χ1) is 10.2. The molecule has 0 saturated heterocycles. The van der Waals surface area contributed by atoms with Gasteiger partial charge < -0.3 is 15.4 Å². The Morgan fingerprint density at radius 1 is 1.23 bits per heavy atom. The van der Waals surface area contributed by atoms with Gasteiger partial charge in [-0.2, -0.15) is 0 Å². The van der Waals surface area contributed by atoms with Crippen molar-refractivity contribution in [2.45, 2.75) is 45.8 Å². The zero-order valence-electron chi connectivity index (χ0n) is 13.4. The number of rotatable bonds is 5. The molecule has 1 rings (SSSR count). The van der Waals surface area contributed by atoms with Crippen molar-refractivity contribution < 1.29 is 18.7 Å². The van der Waals surface area contributed by atoms with Gasteiger partial charge in [0.25, 0.3) is 0 Å². The number of halogens is 1. The molecule has 0 aliphatic heterocycles. The Kier molecular flexibility index (Phi) is 6.34. The highest BCUT2D eigenvalue weighted by Crippen LogP contribution is 2.12. The van der Waals surface area contributed by atoms with E-state index in [0.29, 0.717) is 0 Å². The third-order valence-corrected chi connectivity index (χ3v) is 2.77. The van der Waals surface area contributed by atoms with Crippen LogP contribution in [0.3, 0.4) is 0 Å². The summed E-state index contributed by atoms with van der Waals surface area (Å²) in [5, 5.41) is 5.30. The minimum Gasteiger partial charge on any atom is -0.444 e. The van der Waals surface area contributed by atoms with E-state index in [1.165, 1.54) is 12.1 Å². The number of carbonyl (C=O) groups excluding carboxylic acids is 2. The Bertz CT molecular complexity index is 509. The molecule has 5 nitrogen and oxygen atoms in total. The summed E-state index contributed by atoms with van der Waals surface area (Å²) >= 11 is 0. The molecule has 1 atom stereocenters. The quantitative estimate of drug-likeness (QED) is 0.878. The number of alkyl carbamates (subject to hydrolysis) is 1. The Morgan fingerprint density at radius 2 is 1.82 bits per heavy atom. The van der Waals surface area contributed by atoms with Gasteiger partial charge in [0.1, 0.15) is 11.4 Å². The molecule has 2 N–H and O–H groups in total. The Morgan fingerprint density at radius 3 is 2.36 bits per heavy atom. The fourth-order valence-corrected chi connectivity index (χ4v) is 1.74. The minimum atomic E-state index is -0.566. The molecule has 0 saturated carbocycles. The van der Waals surface area contributed by atoms with Crippen molar-refractivity contribution in [1.29, 1.82) is 0 Å². The van der Waals surface area contributed by atoms with Crippen LogP contribution in [0.25, 0.3) is 0 Å². The van der Waals surface area contributed by atoms with Crippen LogP contribution in [0.1, 0.15) is 45.7 Å². The van der Waals surface area contributed by atoms with Crippen molar-refractivity contribution in [2.24, 2.45) is 0 Å². The topological polar surface area (TPSA) is 67.4 Å².